The normalized spacial score (nSPS) is 11.5. The summed E-state index contributed by atoms with van der Waals surface area (Å²) in [6.07, 6.45) is 0. The van der Waals surface area contributed by atoms with Crippen molar-refractivity contribution in [3.05, 3.63) is 59.7 Å². The van der Waals surface area contributed by atoms with Crippen molar-refractivity contribution in [1.29, 1.82) is 0 Å². The summed E-state index contributed by atoms with van der Waals surface area (Å²) in [6, 6.07) is 15.1. The molecule has 0 bridgehead atoms. The molecule has 2 aromatic carbocycles. The summed E-state index contributed by atoms with van der Waals surface area (Å²) in [6.45, 7) is 2.47. The van der Waals surface area contributed by atoms with E-state index in [4.69, 9.17) is 9.47 Å². The summed E-state index contributed by atoms with van der Waals surface area (Å²) in [4.78, 5) is 14.1. The fourth-order valence-corrected chi connectivity index (χ4v) is 2.48. The first-order chi connectivity index (χ1) is 11.5. The summed E-state index contributed by atoms with van der Waals surface area (Å²) >= 11 is 0. The van der Waals surface area contributed by atoms with Crippen LogP contribution in [0.3, 0.4) is 0 Å². The quantitative estimate of drug-likeness (QED) is 0.881. The van der Waals surface area contributed by atoms with Crippen LogP contribution in [0.15, 0.2) is 48.5 Å². The number of nitrogens with one attached hydrogen (secondary N) is 1. The Bertz CT molecular complexity index is 674. The van der Waals surface area contributed by atoms with Gasteiger partial charge in [0.2, 0.25) is 0 Å². The van der Waals surface area contributed by atoms with Gasteiger partial charge in [-0.3, -0.25) is 0 Å². The smallest absolute Gasteiger partial charge is 0.317 e. The molecule has 1 unspecified atom stereocenters. The monoisotopic (exact) mass is 328 g/mol. The maximum atomic E-state index is 12.4. The summed E-state index contributed by atoms with van der Waals surface area (Å²) in [5.41, 5.74) is 1.96. The zero-order chi connectivity index (χ0) is 17.5. The second kappa shape index (κ2) is 8.24. The second-order valence-electron chi connectivity index (χ2n) is 5.62. The highest BCUT2D eigenvalue weighted by molar-refractivity contribution is 5.74. The number of benzene rings is 2. The van der Waals surface area contributed by atoms with Crippen LogP contribution in [0.2, 0.25) is 0 Å². The fourth-order valence-electron chi connectivity index (χ4n) is 2.48. The molecule has 5 heteroatoms. The van der Waals surface area contributed by atoms with E-state index in [1.807, 2.05) is 55.5 Å². The number of hydrogen-bond donors (Lipinski definition) is 1. The van der Waals surface area contributed by atoms with Crippen LogP contribution in [0.25, 0.3) is 0 Å². The first-order valence-corrected chi connectivity index (χ1v) is 7.82. The van der Waals surface area contributed by atoms with Gasteiger partial charge < -0.3 is 19.7 Å². The molecule has 0 fully saturated rings. The zero-order valence-corrected chi connectivity index (χ0v) is 14.6. The lowest BCUT2D eigenvalue weighted by Crippen LogP contribution is -2.38. The van der Waals surface area contributed by atoms with Gasteiger partial charge in [0.15, 0.2) is 0 Å². The summed E-state index contributed by atoms with van der Waals surface area (Å²) in [5, 5.41) is 2.99. The Kier molecular flexibility index (Phi) is 6.07. The molecule has 0 saturated carbocycles. The number of hydrogen-bond acceptors (Lipinski definition) is 3. The number of carbonyl (C=O) groups is 1. The summed E-state index contributed by atoms with van der Waals surface area (Å²) < 4.78 is 10.6. The molecule has 2 amide bonds. The Hall–Kier alpha value is -2.69. The third-order valence-electron chi connectivity index (χ3n) is 3.85. The maximum absolute atomic E-state index is 12.4. The highest BCUT2D eigenvalue weighted by Crippen LogP contribution is 2.29. The molecule has 5 nitrogen and oxygen atoms in total. The van der Waals surface area contributed by atoms with Crippen LogP contribution in [-0.4, -0.2) is 32.2 Å². The fraction of sp³-hybridized carbons (Fsp3) is 0.316. The molecule has 128 valence electrons. The predicted molar refractivity (Wildman–Crippen MR) is 94.4 cm³/mol. The largest absolute Gasteiger partial charge is 0.497 e. The van der Waals surface area contributed by atoms with Gasteiger partial charge in [0.25, 0.3) is 0 Å². The topological polar surface area (TPSA) is 50.8 Å². The average molecular weight is 328 g/mol. The van der Waals surface area contributed by atoms with Crippen LogP contribution in [0.5, 0.6) is 11.5 Å². The van der Waals surface area contributed by atoms with Crippen molar-refractivity contribution in [1.82, 2.24) is 10.2 Å². The lowest BCUT2D eigenvalue weighted by atomic mass is 10.1. The lowest BCUT2D eigenvalue weighted by Gasteiger charge is -2.23. The van der Waals surface area contributed by atoms with Crippen molar-refractivity contribution >= 4 is 6.03 Å². The highest BCUT2D eigenvalue weighted by Gasteiger charge is 2.17. The molecular weight excluding hydrogens is 304 g/mol. The third-order valence-corrected chi connectivity index (χ3v) is 3.85. The molecule has 24 heavy (non-hydrogen) atoms. The lowest BCUT2D eigenvalue weighted by molar-refractivity contribution is 0.203. The van der Waals surface area contributed by atoms with Crippen LogP contribution < -0.4 is 14.8 Å². The van der Waals surface area contributed by atoms with Gasteiger partial charge in [0.1, 0.15) is 11.5 Å². The Balaban J connectivity index is 2.05. The van der Waals surface area contributed by atoms with Gasteiger partial charge >= 0.3 is 6.03 Å². The molecule has 0 aromatic heterocycles. The van der Waals surface area contributed by atoms with Crippen molar-refractivity contribution < 1.29 is 14.3 Å². The number of urea groups is 1. The van der Waals surface area contributed by atoms with Gasteiger partial charge in [-0.15, -0.1) is 0 Å². The number of methoxy groups -OCH3 is 2. The van der Waals surface area contributed by atoms with E-state index in [1.165, 1.54) is 0 Å². The molecule has 0 spiro atoms. The number of amides is 2. The van der Waals surface area contributed by atoms with Crippen LogP contribution in [0.4, 0.5) is 4.79 Å². The van der Waals surface area contributed by atoms with Gasteiger partial charge in [-0.05, 0) is 30.7 Å². The van der Waals surface area contributed by atoms with E-state index in [0.29, 0.717) is 12.3 Å². The first-order valence-electron chi connectivity index (χ1n) is 7.82. The van der Waals surface area contributed by atoms with E-state index in [-0.39, 0.29) is 12.1 Å². The average Bonchev–Trinajstić information content (AvgIpc) is 2.61. The van der Waals surface area contributed by atoms with E-state index >= 15 is 0 Å². The first kappa shape index (κ1) is 17.7. The SMILES string of the molecule is COc1ccc(OC)c(C(C)NC(=O)N(C)Cc2ccccc2)c1. The van der Waals surface area contributed by atoms with Gasteiger partial charge in [-0.2, -0.15) is 0 Å². The minimum atomic E-state index is -0.208. The predicted octanol–water partition coefficient (Wildman–Crippen LogP) is 3.61. The Morgan fingerprint density at radius 1 is 1.12 bits per heavy atom. The van der Waals surface area contributed by atoms with Crippen molar-refractivity contribution in [2.45, 2.75) is 19.5 Å². The molecule has 0 saturated heterocycles. The van der Waals surface area contributed by atoms with Crippen LogP contribution >= 0.6 is 0 Å². The zero-order valence-electron chi connectivity index (χ0n) is 14.6. The Labute approximate surface area is 143 Å². The van der Waals surface area contributed by atoms with Crippen LogP contribution in [0, 0.1) is 0 Å². The molecule has 1 N–H and O–H groups in total. The van der Waals surface area contributed by atoms with E-state index in [1.54, 1.807) is 26.2 Å². The van der Waals surface area contributed by atoms with Crippen molar-refractivity contribution in [3.63, 3.8) is 0 Å². The molecule has 0 aliphatic heterocycles. The number of carbonyl (C=O) groups excluding carboxylic acids is 1. The number of ether oxygens (including phenoxy) is 2. The summed E-state index contributed by atoms with van der Waals surface area (Å²) in [7, 11) is 5.00. The molecule has 1 atom stereocenters. The maximum Gasteiger partial charge on any atom is 0.317 e. The van der Waals surface area contributed by atoms with E-state index in [2.05, 4.69) is 5.32 Å². The van der Waals surface area contributed by atoms with Gasteiger partial charge in [0, 0.05) is 19.2 Å². The Morgan fingerprint density at radius 3 is 2.46 bits per heavy atom. The molecular formula is C19H24N2O3. The molecule has 0 radical (unpaired) electrons. The van der Waals surface area contributed by atoms with Crippen LogP contribution in [-0.2, 0) is 6.54 Å². The second-order valence-corrected chi connectivity index (χ2v) is 5.62. The number of rotatable bonds is 6. The van der Waals surface area contributed by atoms with Crippen molar-refractivity contribution in [2.24, 2.45) is 0 Å². The van der Waals surface area contributed by atoms with Gasteiger partial charge in [0.05, 0.1) is 20.3 Å². The molecule has 0 heterocycles. The van der Waals surface area contributed by atoms with E-state index < -0.39 is 0 Å². The Morgan fingerprint density at radius 2 is 1.83 bits per heavy atom. The van der Waals surface area contributed by atoms with Crippen molar-refractivity contribution in [3.8, 4) is 11.5 Å². The van der Waals surface area contributed by atoms with Gasteiger partial charge in [-0.1, -0.05) is 30.3 Å². The van der Waals surface area contributed by atoms with E-state index in [0.717, 1.165) is 16.9 Å². The minimum Gasteiger partial charge on any atom is -0.497 e. The van der Waals surface area contributed by atoms with Crippen molar-refractivity contribution in [2.75, 3.05) is 21.3 Å². The molecule has 2 rings (SSSR count). The van der Waals surface area contributed by atoms with E-state index in [9.17, 15) is 4.79 Å². The third kappa shape index (κ3) is 4.41. The summed E-state index contributed by atoms with van der Waals surface area (Å²) in [5.74, 6) is 1.44. The molecule has 0 aliphatic carbocycles. The molecule has 2 aromatic rings. The van der Waals surface area contributed by atoms with Crippen LogP contribution in [0.1, 0.15) is 24.1 Å². The standard InChI is InChI=1S/C19H24N2O3/c1-14(17-12-16(23-3)10-11-18(17)24-4)20-19(22)21(2)13-15-8-6-5-7-9-15/h5-12,14H,13H2,1-4H3,(H,20,22). The molecule has 0 aliphatic rings. The highest BCUT2D eigenvalue weighted by atomic mass is 16.5. The van der Waals surface area contributed by atoms with Gasteiger partial charge in [-0.25, -0.2) is 4.79 Å². The minimum absolute atomic E-state index is 0.142. The number of nitrogens with zero attached hydrogens (tertiary/aromatic N) is 1.